The fraction of sp³-hybridized carbons (Fsp3) is 0.500. The number of phenolic OH excluding ortho intramolecular Hbond substituents is 1. The van der Waals surface area contributed by atoms with E-state index in [9.17, 15) is 18.3 Å². The van der Waals surface area contributed by atoms with Gasteiger partial charge in [-0.3, -0.25) is 0 Å². The van der Waals surface area contributed by atoms with Crippen molar-refractivity contribution in [2.45, 2.75) is 51.2 Å². The molecule has 4 rings (SSSR count). The molecule has 1 amide bonds. The first kappa shape index (κ1) is 25.6. The van der Waals surface area contributed by atoms with Gasteiger partial charge in [0.2, 0.25) is 0 Å². The van der Waals surface area contributed by atoms with Crippen molar-refractivity contribution in [3.05, 3.63) is 36.0 Å². The first-order chi connectivity index (χ1) is 15.8. The molecule has 2 aliphatic rings. The molecule has 0 saturated carbocycles. The highest BCUT2D eigenvalue weighted by Crippen LogP contribution is 2.39. The van der Waals surface area contributed by atoms with E-state index in [1.165, 1.54) is 6.20 Å². The van der Waals surface area contributed by atoms with Crippen LogP contribution in [0.25, 0.3) is 0 Å². The van der Waals surface area contributed by atoms with Gasteiger partial charge in [-0.1, -0.05) is 0 Å². The second-order valence-corrected chi connectivity index (χ2v) is 11.3. The fourth-order valence-corrected chi connectivity index (χ4v) is 4.67. The molecule has 1 saturated heterocycles. The number of likely N-dealkylation sites (tertiary alicyclic amines) is 1. The van der Waals surface area contributed by atoms with E-state index < -0.39 is 9.84 Å². The Morgan fingerprint density at radius 1 is 1.15 bits per heavy atom. The summed E-state index contributed by atoms with van der Waals surface area (Å²) in [6.45, 7) is 10.2. The molecular weight excluding hydrogens is 458 g/mol. The Labute approximate surface area is 201 Å². The van der Waals surface area contributed by atoms with Crippen LogP contribution in [-0.2, 0) is 14.6 Å². The highest BCUT2D eigenvalue weighted by molar-refractivity contribution is 7.90. The third-order valence-electron chi connectivity index (χ3n) is 5.24. The monoisotopic (exact) mass is 491 g/mol. The minimum atomic E-state index is -3.34. The second kappa shape index (κ2) is 10.1. The number of phenols is 1. The van der Waals surface area contributed by atoms with Crippen LogP contribution < -0.4 is 9.64 Å². The lowest BCUT2D eigenvalue weighted by Gasteiger charge is -2.31. The number of fused-ring (bicyclic) bond motifs is 1. The molecule has 3 heterocycles. The summed E-state index contributed by atoms with van der Waals surface area (Å²) in [5.74, 6) is 0.820. The molecule has 2 aliphatic heterocycles. The Balaban J connectivity index is 0.000000229. The number of hydrogen-bond donors (Lipinski definition) is 1. The van der Waals surface area contributed by atoms with E-state index in [-0.39, 0.29) is 22.5 Å². The molecule has 1 N–H and O–H groups in total. The van der Waals surface area contributed by atoms with Crippen molar-refractivity contribution in [1.29, 1.82) is 0 Å². The minimum absolute atomic E-state index is 0.0839. The average molecular weight is 492 g/mol. The zero-order chi connectivity index (χ0) is 25.1. The molecule has 186 valence electrons. The van der Waals surface area contributed by atoms with E-state index in [1.54, 1.807) is 36.1 Å². The molecule has 0 bridgehead atoms. The molecule has 34 heavy (non-hydrogen) atoms. The van der Waals surface area contributed by atoms with Gasteiger partial charge in [0.15, 0.2) is 14.9 Å². The molecule has 0 atom stereocenters. The lowest BCUT2D eigenvalue weighted by molar-refractivity contribution is 0.0295. The Kier molecular flexibility index (Phi) is 7.60. The quantitative estimate of drug-likeness (QED) is 0.670. The highest BCUT2D eigenvalue weighted by atomic mass is 32.2. The van der Waals surface area contributed by atoms with Crippen molar-refractivity contribution in [2.75, 3.05) is 37.4 Å². The van der Waals surface area contributed by atoms with Crippen LogP contribution in [0.1, 0.15) is 39.2 Å². The molecule has 0 aliphatic carbocycles. The number of carbonyl (C=O) groups excluding carboxylic acids is 1. The number of sulfone groups is 1. The van der Waals surface area contributed by atoms with Crippen LogP contribution in [0.3, 0.4) is 0 Å². The maximum absolute atomic E-state index is 11.7. The third kappa shape index (κ3) is 6.53. The Morgan fingerprint density at radius 2 is 1.82 bits per heavy atom. The van der Waals surface area contributed by atoms with Gasteiger partial charge in [0.25, 0.3) is 0 Å². The summed E-state index contributed by atoms with van der Waals surface area (Å²) < 4.78 is 34.1. The summed E-state index contributed by atoms with van der Waals surface area (Å²) in [5, 5.41) is 9.77. The van der Waals surface area contributed by atoms with Crippen LogP contribution >= 0.6 is 0 Å². The van der Waals surface area contributed by atoms with E-state index in [0.29, 0.717) is 24.5 Å². The van der Waals surface area contributed by atoms with Gasteiger partial charge in [-0.05, 0) is 64.3 Å². The number of rotatable bonds is 2. The standard InChI is InChI=1S/C15H16N2O4S.C9H17NO2/c1-10-7-11(9-16-15(10)22(2,19)20)17-5-6-21-14-4-3-12(18)8-13(14)17;1-9(2,3)12-8(11)10-6-4-5-7-10/h3-4,7-9,18H,5-6H2,1-2H3;4-7H2,1-3H3. The number of aryl methyl sites for hydroxylation is 1. The van der Waals surface area contributed by atoms with E-state index in [4.69, 9.17) is 9.47 Å². The fourth-order valence-electron chi connectivity index (χ4n) is 3.78. The molecular formula is C24H33N3O6S. The minimum Gasteiger partial charge on any atom is -0.508 e. The number of carbonyl (C=O) groups is 1. The zero-order valence-corrected chi connectivity index (χ0v) is 21.2. The zero-order valence-electron chi connectivity index (χ0n) is 20.4. The summed E-state index contributed by atoms with van der Waals surface area (Å²) in [7, 11) is -3.34. The first-order valence-corrected chi connectivity index (χ1v) is 13.1. The van der Waals surface area contributed by atoms with Crippen LogP contribution in [0, 0.1) is 6.92 Å². The van der Waals surface area contributed by atoms with Crippen LogP contribution in [0.2, 0.25) is 0 Å². The topological polar surface area (TPSA) is 109 Å². The summed E-state index contributed by atoms with van der Waals surface area (Å²) in [6, 6.07) is 6.68. The highest BCUT2D eigenvalue weighted by Gasteiger charge is 2.24. The van der Waals surface area contributed by atoms with Gasteiger partial charge < -0.3 is 24.4 Å². The third-order valence-corrected chi connectivity index (χ3v) is 6.37. The lowest BCUT2D eigenvalue weighted by atomic mass is 10.2. The predicted molar refractivity (Wildman–Crippen MR) is 130 cm³/mol. The molecule has 0 spiro atoms. The maximum Gasteiger partial charge on any atom is 0.410 e. The van der Waals surface area contributed by atoms with Gasteiger partial charge in [0, 0.05) is 25.4 Å². The number of ether oxygens (including phenoxy) is 2. The maximum atomic E-state index is 11.7. The van der Waals surface area contributed by atoms with Crippen LogP contribution in [-0.4, -0.2) is 67.6 Å². The first-order valence-electron chi connectivity index (χ1n) is 11.2. The Hall–Kier alpha value is -3.01. The number of benzene rings is 1. The summed E-state index contributed by atoms with van der Waals surface area (Å²) in [5.41, 5.74) is 1.73. The number of pyridine rings is 1. The summed E-state index contributed by atoms with van der Waals surface area (Å²) in [4.78, 5) is 19.2. The van der Waals surface area contributed by atoms with Gasteiger partial charge >= 0.3 is 6.09 Å². The van der Waals surface area contributed by atoms with Crippen molar-refractivity contribution in [2.24, 2.45) is 0 Å². The summed E-state index contributed by atoms with van der Waals surface area (Å²) in [6.07, 6.45) is 4.73. The van der Waals surface area contributed by atoms with Gasteiger partial charge in [-0.2, -0.15) is 0 Å². The van der Waals surface area contributed by atoms with Crippen molar-refractivity contribution in [1.82, 2.24) is 9.88 Å². The molecule has 10 heteroatoms. The van der Waals surface area contributed by atoms with Crippen LogP contribution in [0.15, 0.2) is 35.5 Å². The molecule has 0 unspecified atom stereocenters. The normalized spacial score (nSPS) is 15.7. The number of hydrogen-bond acceptors (Lipinski definition) is 8. The molecule has 2 aromatic rings. The average Bonchev–Trinajstić information content (AvgIpc) is 3.27. The number of amides is 1. The predicted octanol–water partition coefficient (Wildman–Crippen LogP) is 4.05. The van der Waals surface area contributed by atoms with Gasteiger partial charge in [0.05, 0.1) is 24.1 Å². The van der Waals surface area contributed by atoms with Crippen molar-refractivity contribution in [3.63, 3.8) is 0 Å². The smallest absolute Gasteiger partial charge is 0.410 e. The molecule has 1 aromatic heterocycles. The number of aromatic nitrogens is 1. The van der Waals surface area contributed by atoms with E-state index in [0.717, 1.165) is 43.6 Å². The SMILES string of the molecule is CC(C)(C)OC(=O)N1CCCC1.Cc1cc(N2CCOc3ccc(O)cc32)cnc1S(C)(=O)=O. The lowest BCUT2D eigenvalue weighted by Crippen LogP contribution is -2.34. The number of aromatic hydroxyl groups is 1. The van der Waals surface area contributed by atoms with E-state index in [2.05, 4.69) is 4.98 Å². The second-order valence-electron chi connectivity index (χ2n) is 9.41. The largest absolute Gasteiger partial charge is 0.508 e. The van der Waals surface area contributed by atoms with E-state index in [1.807, 2.05) is 25.7 Å². The number of nitrogens with zero attached hydrogens (tertiary/aromatic N) is 3. The van der Waals surface area contributed by atoms with Gasteiger partial charge in [0.1, 0.15) is 23.7 Å². The Bertz CT molecular complexity index is 1140. The van der Waals surface area contributed by atoms with E-state index >= 15 is 0 Å². The van der Waals surface area contributed by atoms with Gasteiger partial charge in [-0.15, -0.1) is 0 Å². The molecule has 1 aromatic carbocycles. The molecule has 0 radical (unpaired) electrons. The van der Waals surface area contributed by atoms with Gasteiger partial charge in [-0.25, -0.2) is 18.2 Å². The molecule has 1 fully saturated rings. The van der Waals surface area contributed by atoms with Crippen LogP contribution in [0.4, 0.5) is 16.2 Å². The van der Waals surface area contributed by atoms with Crippen molar-refractivity contribution >= 4 is 27.3 Å². The van der Waals surface area contributed by atoms with Crippen LogP contribution in [0.5, 0.6) is 11.5 Å². The Morgan fingerprint density at radius 3 is 2.41 bits per heavy atom. The van der Waals surface area contributed by atoms with Crippen molar-refractivity contribution in [3.8, 4) is 11.5 Å². The number of anilines is 2. The van der Waals surface area contributed by atoms with Crippen molar-refractivity contribution < 1.29 is 27.8 Å². The summed E-state index contributed by atoms with van der Waals surface area (Å²) >= 11 is 0. The molecule has 9 nitrogen and oxygen atoms in total.